The fourth-order valence-electron chi connectivity index (χ4n) is 1.55. The van der Waals surface area contributed by atoms with Crippen LogP contribution in [0.1, 0.15) is 25.3 Å². The predicted molar refractivity (Wildman–Crippen MR) is 66.4 cm³/mol. The van der Waals surface area contributed by atoms with Gasteiger partial charge in [-0.3, -0.25) is 0 Å². The van der Waals surface area contributed by atoms with Gasteiger partial charge in [-0.05, 0) is 12.5 Å². The normalized spacial score (nSPS) is 11.1. The number of aromatic nitrogens is 2. The number of aryl methyl sites for hydroxylation is 1. The standard InChI is InChI=1S/C13H17N3O/c1-9(2)14-8-12-15-13(16-17-12)11-7-5-4-6-10(11)3/h4-7,9,14H,8H2,1-3H3. The summed E-state index contributed by atoms with van der Waals surface area (Å²) in [6, 6.07) is 8.42. The van der Waals surface area contributed by atoms with Crippen molar-refractivity contribution >= 4 is 0 Å². The molecule has 1 aromatic heterocycles. The summed E-state index contributed by atoms with van der Waals surface area (Å²) in [5.74, 6) is 1.28. The number of nitrogens with zero attached hydrogens (tertiary/aromatic N) is 2. The first-order chi connectivity index (χ1) is 8.16. The average Bonchev–Trinajstić information content (AvgIpc) is 2.75. The zero-order chi connectivity index (χ0) is 12.3. The summed E-state index contributed by atoms with van der Waals surface area (Å²) in [7, 11) is 0. The average molecular weight is 231 g/mol. The third-order valence-corrected chi connectivity index (χ3v) is 2.52. The molecule has 0 unspecified atom stereocenters. The van der Waals surface area contributed by atoms with Crippen LogP contribution in [-0.4, -0.2) is 16.2 Å². The molecule has 17 heavy (non-hydrogen) atoms. The predicted octanol–water partition coefficient (Wildman–Crippen LogP) is 2.54. The molecule has 0 aliphatic rings. The van der Waals surface area contributed by atoms with Crippen LogP contribution < -0.4 is 5.32 Å². The van der Waals surface area contributed by atoms with Gasteiger partial charge in [-0.1, -0.05) is 43.3 Å². The molecule has 0 radical (unpaired) electrons. The van der Waals surface area contributed by atoms with Crippen LogP contribution >= 0.6 is 0 Å². The molecule has 0 amide bonds. The number of hydrogen-bond donors (Lipinski definition) is 1. The summed E-state index contributed by atoms with van der Waals surface area (Å²) < 4.78 is 5.20. The van der Waals surface area contributed by atoms with E-state index < -0.39 is 0 Å². The Morgan fingerprint density at radius 1 is 1.29 bits per heavy atom. The smallest absolute Gasteiger partial charge is 0.240 e. The topological polar surface area (TPSA) is 51.0 Å². The van der Waals surface area contributed by atoms with E-state index in [1.165, 1.54) is 0 Å². The van der Waals surface area contributed by atoms with Gasteiger partial charge in [0, 0.05) is 11.6 Å². The van der Waals surface area contributed by atoms with Gasteiger partial charge in [-0.15, -0.1) is 0 Å². The summed E-state index contributed by atoms with van der Waals surface area (Å²) in [4.78, 5) is 4.37. The molecule has 4 nitrogen and oxygen atoms in total. The van der Waals surface area contributed by atoms with Crippen molar-refractivity contribution in [2.45, 2.75) is 33.4 Å². The maximum atomic E-state index is 5.20. The minimum absolute atomic E-state index is 0.406. The summed E-state index contributed by atoms with van der Waals surface area (Å²) in [6.45, 7) is 6.81. The molecule has 0 saturated heterocycles. The van der Waals surface area contributed by atoms with Crippen LogP contribution in [0.3, 0.4) is 0 Å². The van der Waals surface area contributed by atoms with Crippen LogP contribution in [0.15, 0.2) is 28.8 Å². The number of nitrogens with one attached hydrogen (secondary N) is 1. The third-order valence-electron chi connectivity index (χ3n) is 2.52. The molecule has 90 valence electrons. The molecule has 1 heterocycles. The van der Waals surface area contributed by atoms with Gasteiger partial charge < -0.3 is 9.84 Å². The van der Waals surface area contributed by atoms with Gasteiger partial charge in [-0.2, -0.15) is 4.98 Å². The largest absolute Gasteiger partial charge is 0.338 e. The molecule has 0 bridgehead atoms. The minimum atomic E-state index is 0.406. The molecular weight excluding hydrogens is 214 g/mol. The number of benzene rings is 1. The van der Waals surface area contributed by atoms with Crippen LogP contribution in [0.25, 0.3) is 11.4 Å². The molecule has 0 spiro atoms. The number of hydrogen-bond acceptors (Lipinski definition) is 4. The van der Waals surface area contributed by atoms with E-state index in [-0.39, 0.29) is 0 Å². The Balaban J connectivity index is 2.16. The Kier molecular flexibility index (Phi) is 3.54. The molecule has 0 fully saturated rings. The van der Waals surface area contributed by atoms with E-state index in [0.717, 1.165) is 11.1 Å². The summed E-state index contributed by atoms with van der Waals surface area (Å²) >= 11 is 0. The minimum Gasteiger partial charge on any atom is -0.338 e. The van der Waals surface area contributed by atoms with Crippen molar-refractivity contribution < 1.29 is 4.52 Å². The lowest BCUT2D eigenvalue weighted by molar-refractivity contribution is 0.362. The Morgan fingerprint density at radius 2 is 2.06 bits per heavy atom. The van der Waals surface area contributed by atoms with Crippen LogP contribution in [-0.2, 0) is 6.54 Å². The highest BCUT2D eigenvalue weighted by molar-refractivity contribution is 5.58. The second-order valence-corrected chi connectivity index (χ2v) is 4.36. The molecule has 2 rings (SSSR count). The van der Waals surface area contributed by atoms with Gasteiger partial charge in [0.1, 0.15) is 0 Å². The Labute approximate surface area is 101 Å². The van der Waals surface area contributed by atoms with E-state index in [0.29, 0.717) is 24.3 Å². The second kappa shape index (κ2) is 5.10. The van der Waals surface area contributed by atoms with Gasteiger partial charge in [-0.25, -0.2) is 0 Å². The lowest BCUT2D eigenvalue weighted by Gasteiger charge is -2.03. The van der Waals surface area contributed by atoms with E-state index >= 15 is 0 Å². The quantitative estimate of drug-likeness (QED) is 0.878. The molecule has 1 N–H and O–H groups in total. The second-order valence-electron chi connectivity index (χ2n) is 4.36. The van der Waals surface area contributed by atoms with Crippen molar-refractivity contribution in [2.75, 3.05) is 0 Å². The molecule has 0 aliphatic heterocycles. The van der Waals surface area contributed by atoms with Crippen molar-refractivity contribution in [3.05, 3.63) is 35.7 Å². The zero-order valence-electron chi connectivity index (χ0n) is 10.4. The van der Waals surface area contributed by atoms with Crippen LogP contribution in [0, 0.1) is 6.92 Å². The maximum absolute atomic E-state index is 5.20. The van der Waals surface area contributed by atoms with Gasteiger partial charge >= 0.3 is 0 Å². The molecule has 4 heteroatoms. The van der Waals surface area contributed by atoms with Crippen molar-refractivity contribution in [1.82, 2.24) is 15.5 Å². The molecule has 0 saturated carbocycles. The summed E-state index contributed by atoms with van der Waals surface area (Å²) in [6.07, 6.45) is 0. The Bertz CT molecular complexity index is 491. The fraction of sp³-hybridized carbons (Fsp3) is 0.385. The summed E-state index contributed by atoms with van der Waals surface area (Å²) in [5, 5.41) is 7.24. The van der Waals surface area contributed by atoms with E-state index in [1.54, 1.807) is 0 Å². The van der Waals surface area contributed by atoms with E-state index in [2.05, 4.69) is 29.3 Å². The van der Waals surface area contributed by atoms with Crippen LogP contribution in [0.4, 0.5) is 0 Å². The molecule has 0 atom stereocenters. The number of rotatable bonds is 4. The molecular formula is C13H17N3O. The molecule has 0 aliphatic carbocycles. The lowest BCUT2D eigenvalue weighted by Crippen LogP contribution is -2.21. The molecule has 1 aromatic carbocycles. The first-order valence-corrected chi connectivity index (χ1v) is 5.79. The SMILES string of the molecule is Cc1ccccc1-c1noc(CNC(C)C)n1. The van der Waals surface area contributed by atoms with Crippen molar-refractivity contribution in [2.24, 2.45) is 0 Å². The fourth-order valence-corrected chi connectivity index (χ4v) is 1.55. The van der Waals surface area contributed by atoms with Gasteiger partial charge in [0.25, 0.3) is 0 Å². The van der Waals surface area contributed by atoms with Crippen molar-refractivity contribution in [1.29, 1.82) is 0 Å². The Morgan fingerprint density at radius 3 is 2.76 bits per heavy atom. The van der Waals surface area contributed by atoms with E-state index in [1.807, 2.05) is 31.2 Å². The lowest BCUT2D eigenvalue weighted by atomic mass is 10.1. The van der Waals surface area contributed by atoms with Gasteiger partial charge in [0.15, 0.2) is 0 Å². The first kappa shape index (κ1) is 11.8. The van der Waals surface area contributed by atoms with Crippen LogP contribution in [0.2, 0.25) is 0 Å². The molecule has 2 aromatic rings. The van der Waals surface area contributed by atoms with Gasteiger partial charge in [0.2, 0.25) is 11.7 Å². The van der Waals surface area contributed by atoms with Crippen molar-refractivity contribution in [3.63, 3.8) is 0 Å². The van der Waals surface area contributed by atoms with E-state index in [4.69, 9.17) is 4.52 Å². The first-order valence-electron chi connectivity index (χ1n) is 5.79. The zero-order valence-corrected chi connectivity index (χ0v) is 10.4. The highest BCUT2D eigenvalue weighted by Gasteiger charge is 2.10. The monoisotopic (exact) mass is 231 g/mol. The highest BCUT2D eigenvalue weighted by atomic mass is 16.5. The van der Waals surface area contributed by atoms with E-state index in [9.17, 15) is 0 Å². The maximum Gasteiger partial charge on any atom is 0.240 e. The summed E-state index contributed by atoms with van der Waals surface area (Å²) in [5.41, 5.74) is 2.17. The van der Waals surface area contributed by atoms with Crippen LogP contribution in [0.5, 0.6) is 0 Å². The van der Waals surface area contributed by atoms with Crippen molar-refractivity contribution in [3.8, 4) is 11.4 Å². The highest BCUT2D eigenvalue weighted by Crippen LogP contribution is 2.19. The van der Waals surface area contributed by atoms with Gasteiger partial charge in [0.05, 0.1) is 6.54 Å². The third kappa shape index (κ3) is 2.91. The Hall–Kier alpha value is -1.68.